The number of nitrogens with one attached hydrogen (secondary N) is 2. The number of hydrogen-bond donors (Lipinski definition) is 2. The molecule has 2 N–H and O–H groups in total. The van der Waals surface area contributed by atoms with Crippen molar-refractivity contribution in [2.75, 3.05) is 11.9 Å². The van der Waals surface area contributed by atoms with Crippen LogP contribution in [0.2, 0.25) is 0 Å². The van der Waals surface area contributed by atoms with Crippen LogP contribution >= 0.6 is 15.9 Å². The van der Waals surface area contributed by atoms with Crippen molar-refractivity contribution in [3.63, 3.8) is 0 Å². The van der Waals surface area contributed by atoms with E-state index in [1.165, 1.54) is 0 Å². The van der Waals surface area contributed by atoms with E-state index in [-0.39, 0.29) is 5.97 Å². The van der Waals surface area contributed by atoms with Gasteiger partial charge >= 0.3 is 12.0 Å². The van der Waals surface area contributed by atoms with Crippen LogP contribution in [0.25, 0.3) is 0 Å². The van der Waals surface area contributed by atoms with E-state index >= 15 is 0 Å². The van der Waals surface area contributed by atoms with Crippen molar-refractivity contribution < 1.29 is 14.3 Å². The average Bonchev–Trinajstić information content (AvgIpc) is 2.47. The van der Waals surface area contributed by atoms with Crippen LogP contribution in [0, 0.1) is 13.8 Å². The number of anilines is 1. The van der Waals surface area contributed by atoms with Crippen molar-refractivity contribution in [1.29, 1.82) is 0 Å². The van der Waals surface area contributed by atoms with Gasteiger partial charge in [0.1, 0.15) is 6.04 Å². The van der Waals surface area contributed by atoms with Gasteiger partial charge in [-0.1, -0.05) is 35.7 Å². The molecule has 0 bridgehead atoms. The highest BCUT2D eigenvalue weighted by atomic mass is 79.9. The molecule has 1 aromatic carbocycles. The topological polar surface area (TPSA) is 67.4 Å². The summed E-state index contributed by atoms with van der Waals surface area (Å²) in [5.74, 6) is -0.389. The lowest BCUT2D eigenvalue weighted by Crippen LogP contribution is -2.44. The number of hydrogen-bond acceptors (Lipinski definition) is 3. The summed E-state index contributed by atoms with van der Waals surface area (Å²) in [6.45, 7) is 7.94. The number of carbonyl (C=O) groups excluding carboxylic acids is 2. The first-order valence-corrected chi connectivity index (χ1v) is 8.69. The molecule has 1 rings (SSSR count). The molecular formula is C17H25BrN2O3. The lowest BCUT2D eigenvalue weighted by Gasteiger charge is -2.19. The maximum atomic E-state index is 12.2. The Morgan fingerprint density at radius 2 is 1.83 bits per heavy atom. The van der Waals surface area contributed by atoms with Crippen LogP contribution in [0.15, 0.2) is 16.6 Å². The molecule has 128 valence electrons. The summed E-state index contributed by atoms with van der Waals surface area (Å²) in [5.41, 5.74) is 2.66. The molecule has 0 aliphatic heterocycles. The van der Waals surface area contributed by atoms with Crippen LogP contribution in [0.1, 0.15) is 44.2 Å². The largest absolute Gasteiger partial charge is 0.464 e. The fourth-order valence-electron chi connectivity index (χ4n) is 2.32. The quantitative estimate of drug-likeness (QED) is 0.688. The van der Waals surface area contributed by atoms with Crippen molar-refractivity contribution in [3.8, 4) is 0 Å². The molecule has 0 spiro atoms. The zero-order valence-corrected chi connectivity index (χ0v) is 15.7. The summed E-state index contributed by atoms with van der Waals surface area (Å²) < 4.78 is 5.99. The van der Waals surface area contributed by atoms with E-state index in [2.05, 4.69) is 26.6 Å². The van der Waals surface area contributed by atoms with E-state index < -0.39 is 12.1 Å². The normalized spacial score (nSPS) is 11.7. The van der Waals surface area contributed by atoms with Crippen molar-refractivity contribution in [3.05, 3.63) is 27.7 Å². The molecule has 5 nitrogen and oxygen atoms in total. The van der Waals surface area contributed by atoms with Crippen LogP contribution in [0.5, 0.6) is 0 Å². The molecule has 0 saturated heterocycles. The Hall–Kier alpha value is -1.56. The van der Waals surface area contributed by atoms with Crippen molar-refractivity contribution >= 4 is 33.6 Å². The summed E-state index contributed by atoms with van der Waals surface area (Å²) in [5, 5.41) is 5.55. The van der Waals surface area contributed by atoms with Crippen molar-refractivity contribution in [2.45, 2.75) is 53.0 Å². The van der Waals surface area contributed by atoms with Crippen molar-refractivity contribution in [2.24, 2.45) is 0 Å². The van der Waals surface area contributed by atoms with E-state index in [0.29, 0.717) is 13.0 Å². The lowest BCUT2D eigenvalue weighted by molar-refractivity contribution is -0.145. The van der Waals surface area contributed by atoms with Gasteiger partial charge in [0.05, 0.1) is 6.61 Å². The van der Waals surface area contributed by atoms with Gasteiger partial charge in [-0.25, -0.2) is 9.59 Å². The number of ether oxygens (including phenoxy) is 1. The van der Waals surface area contributed by atoms with Gasteiger partial charge in [-0.2, -0.15) is 0 Å². The molecule has 0 aliphatic rings. The summed E-state index contributed by atoms with van der Waals surface area (Å²) in [7, 11) is 0. The van der Waals surface area contributed by atoms with Gasteiger partial charge in [-0.05, 0) is 50.5 Å². The van der Waals surface area contributed by atoms with Gasteiger partial charge in [0.15, 0.2) is 0 Å². The van der Waals surface area contributed by atoms with E-state index in [0.717, 1.165) is 34.1 Å². The molecule has 0 radical (unpaired) electrons. The Kier molecular flexibility index (Phi) is 8.09. The minimum atomic E-state index is -0.619. The second-order valence-electron chi connectivity index (χ2n) is 5.46. The number of rotatable bonds is 7. The molecule has 1 unspecified atom stereocenters. The highest BCUT2D eigenvalue weighted by Crippen LogP contribution is 2.25. The monoisotopic (exact) mass is 384 g/mol. The third-order valence-electron chi connectivity index (χ3n) is 3.46. The van der Waals surface area contributed by atoms with E-state index in [1.807, 2.05) is 32.9 Å². The number of carbonyl (C=O) groups is 2. The molecule has 0 fully saturated rings. The smallest absolute Gasteiger partial charge is 0.328 e. The fraction of sp³-hybridized carbons (Fsp3) is 0.529. The molecule has 1 atom stereocenters. The van der Waals surface area contributed by atoms with Crippen LogP contribution in [-0.2, 0) is 9.53 Å². The van der Waals surface area contributed by atoms with Gasteiger partial charge in [0.25, 0.3) is 0 Å². The predicted octanol–water partition coefficient (Wildman–Crippen LogP) is 4.31. The molecule has 0 aliphatic carbocycles. The Morgan fingerprint density at radius 3 is 2.35 bits per heavy atom. The van der Waals surface area contributed by atoms with E-state index in [4.69, 9.17) is 4.74 Å². The van der Waals surface area contributed by atoms with Crippen LogP contribution in [-0.4, -0.2) is 24.6 Å². The van der Waals surface area contributed by atoms with Crippen LogP contribution < -0.4 is 10.6 Å². The lowest BCUT2D eigenvalue weighted by atomic mass is 10.1. The minimum absolute atomic E-state index is 0.301. The summed E-state index contributed by atoms with van der Waals surface area (Å²) in [4.78, 5) is 24.2. The Labute approximate surface area is 146 Å². The number of aryl methyl sites for hydroxylation is 2. The van der Waals surface area contributed by atoms with Gasteiger partial charge in [-0.15, -0.1) is 0 Å². The Balaban J connectivity index is 2.77. The third kappa shape index (κ3) is 6.22. The standard InChI is InChI=1S/C17H25BrN2O3/c1-5-7-8-14(16(21)23-6-2)19-17(22)20-15-11(3)9-13(18)10-12(15)4/h9-10,14H,5-8H2,1-4H3,(H2,19,20,22). The molecule has 0 saturated carbocycles. The molecule has 23 heavy (non-hydrogen) atoms. The number of halogens is 1. The first kappa shape index (κ1) is 19.5. The Morgan fingerprint density at radius 1 is 1.22 bits per heavy atom. The summed E-state index contributed by atoms with van der Waals surface area (Å²) in [6, 6.07) is 2.85. The minimum Gasteiger partial charge on any atom is -0.464 e. The van der Waals surface area contributed by atoms with E-state index in [9.17, 15) is 9.59 Å². The molecule has 6 heteroatoms. The third-order valence-corrected chi connectivity index (χ3v) is 3.92. The maximum absolute atomic E-state index is 12.2. The first-order valence-electron chi connectivity index (χ1n) is 7.89. The van der Waals surface area contributed by atoms with Gasteiger partial charge < -0.3 is 15.4 Å². The highest BCUT2D eigenvalue weighted by Gasteiger charge is 2.22. The predicted molar refractivity (Wildman–Crippen MR) is 95.7 cm³/mol. The van der Waals surface area contributed by atoms with E-state index in [1.54, 1.807) is 6.92 Å². The SMILES string of the molecule is CCCCC(NC(=O)Nc1c(C)cc(Br)cc1C)C(=O)OCC. The number of esters is 1. The van der Waals surface area contributed by atoms with Gasteiger partial charge in [0, 0.05) is 10.2 Å². The second kappa shape index (κ2) is 9.55. The van der Waals surface area contributed by atoms with Gasteiger partial charge in [0.2, 0.25) is 0 Å². The average molecular weight is 385 g/mol. The fourth-order valence-corrected chi connectivity index (χ4v) is 3.00. The second-order valence-corrected chi connectivity index (χ2v) is 6.38. The summed E-state index contributed by atoms with van der Waals surface area (Å²) in [6.07, 6.45) is 2.37. The molecule has 0 aromatic heterocycles. The number of benzene rings is 1. The number of urea groups is 1. The molecule has 1 aromatic rings. The number of unbranched alkanes of at least 4 members (excludes halogenated alkanes) is 1. The zero-order valence-electron chi connectivity index (χ0n) is 14.2. The number of amides is 2. The van der Waals surface area contributed by atoms with Crippen molar-refractivity contribution in [1.82, 2.24) is 5.32 Å². The van der Waals surface area contributed by atoms with Crippen LogP contribution in [0.3, 0.4) is 0 Å². The van der Waals surface area contributed by atoms with Crippen LogP contribution in [0.4, 0.5) is 10.5 Å². The summed E-state index contributed by atoms with van der Waals surface area (Å²) >= 11 is 3.43. The first-order chi connectivity index (χ1) is 10.9. The van der Waals surface area contributed by atoms with Gasteiger partial charge in [-0.3, -0.25) is 0 Å². The molecular weight excluding hydrogens is 360 g/mol. The zero-order chi connectivity index (χ0) is 17.4. The molecule has 0 heterocycles. The molecule has 2 amide bonds. The maximum Gasteiger partial charge on any atom is 0.328 e. The highest BCUT2D eigenvalue weighted by molar-refractivity contribution is 9.10. The Bertz CT molecular complexity index is 538.